The minimum Gasteiger partial charge on any atom is -0.482 e. The number of benzene rings is 1. The normalized spacial score (nSPS) is 14.7. The third-order valence-corrected chi connectivity index (χ3v) is 4.90. The smallest absolute Gasteiger partial charge is 0.260 e. The number of ether oxygens (including phenoxy) is 1. The summed E-state index contributed by atoms with van der Waals surface area (Å²) < 4.78 is 5.50. The molecule has 1 aromatic carbocycles. The van der Waals surface area contributed by atoms with E-state index >= 15 is 0 Å². The van der Waals surface area contributed by atoms with Crippen LogP contribution in [0.15, 0.2) is 42.7 Å². The Labute approximate surface area is 167 Å². The van der Waals surface area contributed by atoms with Crippen molar-refractivity contribution in [1.82, 2.24) is 15.2 Å². The number of carbonyl (C=O) groups excluding carboxylic acids is 2. The maximum absolute atomic E-state index is 12.3. The molecule has 0 saturated carbocycles. The summed E-state index contributed by atoms with van der Waals surface area (Å²) >= 11 is 11.9. The van der Waals surface area contributed by atoms with Crippen molar-refractivity contribution >= 4 is 35.0 Å². The summed E-state index contributed by atoms with van der Waals surface area (Å²) in [6.45, 7) is 1.05. The lowest BCUT2D eigenvalue weighted by Crippen LogP contribution is -2.47. The standard InChI is InChI=1S/C19H19Cl2N3O3/c20-14-1-2-17(16(21)11-14)27-12-18(25)24-9-5-15(6-10-24)23-19(26)13-3-7-22-8-4-13/h1-4,7-8,11,15H,5-6,9-10,12H2,(H,23,26). The molecule has 27 heavy (non-hydrogen) atoms. The van der Waals surface area contributed by atoms with Gasteiger partial charge in [-0.05, 0) is 43.2 Å². The van der Waals surface area contributed by atoms with Crippen LogP contribution in [0, 0.1) is 0 Å². The number of amides is 2. The number of rotatable bonds is 5. The molecule has 1 N–H and O–H groups in total. The van der Waals surface area contributed by atoms with Gasteiger partial charge >= 0.3 is 0 Å². The SMILES string of the molecule is O=C(NC1CCN(C(=O)COc2ccc(Cl)cc2Cl)CC1)c1ccncc1. The summed E-state index contributed by atoms with van der Waals surface area (Å²) in [7, 11) is 0. The van der Waals surface area contributed by atoms with Crippen LogP contribution in [-0.2, 0) is 4.79 Å². The molecular weight excluding hydrogens is 389 g/mol. The summed E-state index contributed by atoms with van der Waals surface area (Å²) in [5.74, 6) is 0.191. The number of aromatic nitrogens is 1. The molecule has 2 aromatic rings. The highest BCUT2D eigenvalue weighted by Crippen LogP contribution is 2.27. The quantitative estimate of drug-likeness (QED) is 0.825. The number of likely N-dealkylation sites (tertiary alicyclic amines) is 1. The lowest BCUT2D eigenvalue weighted by atomic mass is 10.0. The van der Waals surface area contributed by atoms with Crippen molar-refractivity contribution in [3.63, 3.8) is 0 Å². The second kappa shape index (κ2) is 9.06. The maximum atomic E-state index is 12.3. The van der Waals surface area contributed by atoms with Crippen molar-refractivity contribution < 1.29 is 14.3 Å². The molecule has 2 heterocycles. The van der Waals surface area contributed by atoms with Gasteiger partial charge < -0.3 is 15.0 Å². The van der Waals surface area contributed by atoms with Gasteiger partial charge in [0.05, 0.1) is 5.02 Å². The molecule has 0 aliphatic carbocycles. The van der Waals surface area contributed by atoms with E-state index in [1.165, 1.54) is 0 Å². The van der Waals surface area contributed by atoms with Gasteiger partial charge in [-0.25, -0.2) is 0 Å². The predicted molar refractivity (Wildman–Crippen MR) is 103 cm³/mol. The fourth-order valence-corrected chi connectivity index (χ4v) is 3.33. The summed E-state index contributed by atoms with van der Waals surface area (Å²) in [6.07, 6.45) is 4.57. The molecule has 0 spiro atoms. The molecule has 0 bridgehead atoms. The zero-order valence-electron chi connectivity index (χ0n) is 14.5. The molecule has 6 nitrogen and oxygen atoms in total. The molecule has 1 aromatic heterocycles. The predicted octanol–water partition coefficient (Wildman–Crippen LogP) is 3.19. The van der Waals surface area contributed by atoms with E-state index in [9.17, 15) is 9.59 Å². The third kappa shape index (κ3) is 5.34. The van der Waals surface area contributed by atoms with Crippen LogP contribution in [0.1, 0.15) is 23.2 Å². The van der Waals surface area contributed by atoms with Crippen LogP contribution in [0.5, 0.6) is 5.75 Å². The van der Waals surface area contributed by atoms with Crippen molar-refractivity contribution in [3.05, 3.63) is 58.3 Å². The van der Waals surface area contributed by atoms with Crippen molar-refractivity contribution in [2.24, 2.45) is 0 Å². The molecule has 1 aliphatic rings. The highest BCUT2D eigenvalue weighted by atomic mass is 35.5. The fourth-order valence-electron chi connectivity index (χ4n) is 2.87. The molecule has 3 rings (SSSR count). The Morgan fingerprint density at radius 3 is 2.52 bits per heavy atom. The van der Waals surface area contributed by atoms with Crippen LogP contribution in [0.25, 0.3) is 0 Å². The Balaban J connectivity index is 1.44. The molecule has 1 saturated heterocycles. The molecule has 0 unspecified atom stereocenters. The van der Waals surface area contributed by atoms with Gasteiger partial charge in [0.1, 0.15) is 5.75 Å². The van der Waals surface area contributed by atoms with Gasteiger partial charge in [0.2, 0.25) is 0 Å². The molecule has 142 valence electrons. The van der Waals surface area contributed by atoms with E-state index in [0.717, 1.165) is 0 Å². The number of halogens is 2. The Bertz CT molecular complexity index is 809. The molecule has 8 heteroatoms. The largest absolute Gasteiger partial charge is 0.482 e. The van der Waals surface area contributed by atoms with Crippen LogP contribution >= 0.6 is 23.2 Å². The minimum atomic E-state index is -0.122. The number of nitrogens with one attached hydrogen (secondary N) is 1. The maximum Gasteiger partial charge on any atom is 0.260 e. The van der Waals surface area contributed by atoms with Gasteiger partial charge in [0.15, 0.2) is 6.61 Å². The first kappa shape index (κ1) is 19.5. The average Bonchev–Trinajstić information content (AvgIpc) is 2.68. The van der Waals surface area contributed by atoms with Crippen LogP contribution in [0.4, 0.5) is 0 Å². The van der Waals surface area contributed by atoms with E-state index in [1.807, 2.05) is 0 Å². The Morgan fingerprint density at radius 2 is 1.85 bits per heavy atom. The fraction of sp³-hybridized carbons (Fsp3) is 0.316. The summed E-state index contributed by atoms with van der Waals surface area (Å²) in [6, 6.07) is 8.25. The van der Waals surface area contributed by atoms with Gasteiger partial charge in [0, 0.05) is 42.1 Å². The molecule has 0 radical (unpaired) electrons. The van der Waals surface area contributed by atoms with Crippen molar-refractivity contribution in [3.8, 4) is 5.75 Å². The summed E-state index contributed by atoms with van der Waals surface area (Å²) in [4.78, 5) is 30.2. The Hall–Kier alpha value is -2.31. The van der Waals surface area contributed by atoms with Crippen LogP contribution < -0.4 is 10.1 Å². The van der Waals surface area contributed by atoms with Gasteiger partial charge in [0.25, 0.3) is 11.8 Å². The number of hydrogen-bond acceptors (Lipinski definition) is 4. The first-order chi connectivity index (χ1) is 13.0. The van der Waals surface area contributed by atoms with Crippen molar-refractivity contribution in [2.75, 3.05) is 19.7 Å². The van der Waals surface area contributed by atoms with Gasteiger partial charge in [-0.2, -0.15) is 0 Å². The summed E-state index contributed by atoms with van der Waals surface area (Å²) in [5, 5.41) is 3.88. The van der Waals surface area contributed by atoms with Gasteiger partial charge in [-0.1, -0.05) is 23.2 Å². The molecule has 1 fully saturated rings. The van der Waals surface area contributed by atoms with Crippen molar-refractivity contribution in [2.45, 2.75) is 18.9 Å². The first-order valence-corrected chi connectivity index (χ1v) is 9.35. The number of nitrogens with zero attached hydrogens (tertiary/aromatic N) is 2. The van der Waals surface area contributed by atoms with Gasteiger partial charge in [-0.3, -0.25) is 14.6 Å². The number of hydrogen-bond donors (Lipinski definition) is 1. The lowest BCUT2D eigenvalue weighted by molar-refractivity contribution is -0.134. The second-order valence-corrected chi connectivity index (χ2v) is 7.07. The molecule has 2 amide bonds. The Kier molecular flexibility index (Phi) is 6.53. The van der Waals surface area contributed by atoms with Crippen molar-refractivity contribution in [1.29, 1.82) is 0 Å². The minimum absolute atomic E-state index is 0.0429. The number of piperidine rings is 1. The zero-order valence-corrected chi connectivity index (χ0v) is 16.0. The number of pyridine rings is 1. The number of carbonyl (C=O) groups is 2. The summed E-state index contributed by atoms with van der Waals surface area (Å²) in [5.41, 5.74) is 0.580. The van der Waals surface area contributed by atoms with Crippen LogP contribution in [0.2, 0.25) is 10.0 Å². The lowest BCUT2D eigenvalue weighted by Gasteiger charge is -2.32. The third-order valence-electron chi connectivity index (χ3n) is 4.37. The van der Waals surface area contributed by atoms with E-state index < -0.39 is 0 Å². The highest BCUT2D eigenvalue weighted by Gasteiger charge is 2.24. The first-order valence-electron chi connectivity index (χ1n) is 8.59. The van der Waals surface area contributed by atoms with E-state index in [0.29, 0.717) is 47.3 Å². The molecular formula is C19H19Cl2N3O3. The molecule has 0 atom stereocenters. The van der Waals surface area contributed by atoms with Crippen LogP contribution in [-0.4, -0.2) is 47.4 Å². The van der Waals surface area contributed by atoms with E-state index in [2.05, 4.69) is 10.3 Å². The zero-order chi connectivity index (χ0) is 19.2. The molecule has 1 aliphatic heterocycles. The van der Waals surface area contributed by atoms with Gasteiger partial charge in [-0.15, -0.1) is 0 Å². The second-order valence-electron chi connectivity index (χ2n) is 6.23. The topological polar surface area (TPSA) is 71.5 Å². The Morgan fingerprint density at radius 1 is 1.15 bits per heavy atom. The average molecular weight is 408 g/mol. The highest BCUT2D eigenvalue weighted by molar-refractivity contribution is 6.35. The van der Waals surface area contributed by atoms with E-state index in [-0.39, 0.29) is 24.5 Å². The monoisotopic (exact) mass is 407 g/mol. The van der Waals surface area contributed by atoms with E-state index in [4.69, 9.17) is 27.9 Å². The van der Waals surface area contributed by atoms with Crippen LogP contribution in [0.3, 0.4) is 0 Å². The van der Waals surface area contributed by atoms with E-state index in [1.54, 1.807) is 47.6 Å².